The van der Waals surface area contributed by atoms with Gasteiger partial charge in [0.25, 0.3) is 0 Å². The van der Waals surface area contributed by atoms with E-state index >= 15 is 0 Å². The van der Waals surface area contributed by atoms with Crippen LogP contribution >= 0.6 is 0 Å². The molecular weight excluding hydrogens is 781 g/mol. The van der Waals surface area contributed by atoms with Gasteiger partial charge < -0.3 is 4.57 Å². The van der Waals surface area contributed by atoms with Gasteiger partial charge in [0, 0.05) is 61.8 Å². The quantitative estimate of drug-likeness (QED) is 0.161. The van der Waals surface area contributed by atoms with Crippen LogP contribution in [0.1, 0.15) is 5.56 Å². The average molecular weight is 817 g/mol. The minimum Gasteiger partial charge on any atom is -0.307 e. The zero-order valence-electron chi connectivity index (χ0n) is 34.5. The van der Waals surface area contributed by atoms with E-state index in [9.17, 15) is 5.26 Å². The molecular formula is C58H36N6. The highest BCUT2D eigenvalue weighted by molar-refractivity contribution is 6.12. The van der Waals surface area contributed by atoms with Crippen molar-refractivity contribution in [3.05, 3.63) is 224 Å². The molecule has 64 heavy (non-hydrogen) atoms. The number of aromatic nitrogens is 5. The van der Waals surface area contributed by atoms with Crippen LogP contribution < -0.4 is 0 Å². The normalized spacial score (nSPS) is 11.4. The number of para-hydroxylation sites is 2. The van der Waals surface area contributed by atoms with Crippen molar-refractivity contribution < 1.29 is 0 Å². The van der Waals surface area contributed by atoms with Crippen molar-refractivity contribution in [1.82, 2.24) is 24.1 Å². The van der Waals surface area contributed by atoms with Crippen molar-refractivity contribution in [3.63, 3.8) is 0 Å². The van der Waals surface area contributed by atoms with Gasteiger partial charge >= 0.3 is 0 Å². The number of rotatable bonds is 7. The topological polar surface area (TPSA) is 72.3 Å². The molecule has 0 saturated carbocycles. The van der Waals surface area contributed by atoms with E-state index < -0.39 is 0 Å². The first-order chi connectivity index (χ1) is 31.7. The number of pyridine rings is 3. The first-order valence-corrected chi connectivity index (χ1v) is 21.3. The molecule has 5 aromatic heterocycles. The lowest BCUT2D eigenvalue weighted by atomic mass is 9.98. The third-order valence-corrected chi connectivity index (χ3v) is 12.3. The summed E-state index contributed by atoms with van der Waals surface area (Å²) in [7, 11) is 0. The third kappa shape index (κ3) is 6.06. The molecule has 5 heterocycles. The van der Waals surface area contributed by atoms with E-state index in [0.29, 0.717) is 5.56 Å². The molecule has 0 fully saturated rings. The van der Waals surface area contributed by atoms with Gasteiger partial charge in [0.05, 0.1) is 57.0 Å². The number of hydrogen-bond acceptors (Lipinski definition) is 4. The zero-order chi connectivity index (χ0) is 42.6. The average Bonchev–Trinajstić information content (AvgIpc) is 3.88. The van der Waals surface area contributed by atoms with Crippen molar-refractivity contribution in [2.24, 2.45) is 0 Å². The zero-order valence-corrected chi connectivity index (χ0v) is 34.5. The molecule has 7 aromatic carbocycles. The summed E-state index contributed by atoms with van der Waals surface area (Å²) in [5.74, 6) is 0.767. The number of benzene rings is 7. The van der Waals surface area contributed by atoms with Crippen LogP contribution in [0.5, 0.6) is 0 Å². The van der Waals surface area contributed by atoms with E-state index in [1.165, 1.54) is 0 Å². The van der Waals surface area contributed by atoms with Gasteiger partial charge in [-0.25, -0.2) is 4.98 Å². The fourth-order valence-corrected chi connectivity index (χ4v) is 9.44. The molecule has 12 aromatic rings. The Morgan fingerprint density at radius 2 is 0.859 bits per heavy atom. The highest BCUT2D eigenvalue weighted by Gasteiger charge is 2.22. The van der Waals surface area contributed by atoms with Crippen molar-refractivity contribution >= 4 is 43.6 Å². The summed E-state index contributed by atoms with van der Waals surface area (Å²) in [6.45, 7) is 0. The minimum absolute atomic E-state index is 0.587. The van der Waals surface area contributed by atoms with Crippen LogP contribution in [0.4, 0.5) is 0 Å². The molecule has 6 heteroatoms. The van der Waals surface area contributed by atoms with Crippen LogP contribution in [-0.4, -0.2) is 24.1 Å². The Balaban J connectivity index is 1.11. The second-order valence-electron chi connectivity index (χ2n) is 16.0. The molecule has 0 unspecified atom stereocenters. The van der Waals surface area contributed by atoms with E-state index in [4.69, 9.17) is 15.0 Å². The Kier molecular flexibility index (Phi) is 8.77. The SMILES string of the molecule is N#Cc1cccc(-c2cc(-n3c4ccccc4c4ccc(-c5cccnc5-c5ccccc5)cc43)ncc2-n2c3ccccc3c3ccc(-c4cccnc4-c4ccccc4)cc32)c1. The van der Waals surface area contributed by atoms with Gasteiger partial charge in [-0.3, -0.25) is 14.5 Å². The fourth-order valence-electron chi connectivity index (χ4n) is 9.44. The van der Waals surface area contributed by atoms with Crippen molar-refractivity contribution in [2.75, 3.05) is 0 Å². The highest BCUT2D eigenvalue weighted by Crippen LogP contribution is 2.42. The number of nitriles is 1. The van der Waals surface area contributed by atoms with Gasteiger partial charge in [-0.05, 0) is 71.3 Å². The van der Waals surface area contributed by atoms with Gasteiger partial charge in [0.15, 0.2) is 0 Å². The molecule has 6 nitrogen and oxygen atoms in total. The molecule has 0 amide bonds. The first kappa shape index (κ1) is 36.9. The van der Waals surface area contributed by atoms with E-state index in [1.807, 2.05) is 61.1 Å². The molecule has 0 aliphatic carbocycles. The lowest BCUT2D eigenvalue weighted by molar-refractivity contribution is 1.06. The van der Waals surface area contributed by atoms with E-state index in [2.05, 4.69) is 173 Å². The molecule has 0 spiro atoms. The molecule has 12 rings (SSSR count). The Morgan fingerprint density at radius 3 is 1.45 bits per heavy atom. The lowest BCUT2D eigenvalue weighted by Crippen LogP contribution is -2.03. The van der Waals surface area contributed by atoms with E-state index in [-0.39, 0.29) is 0 Å². The van der Waals surface area contributed by atoms with Crippen LogP contribution in [0, 0.1) is 11.3 Å². The molecule has 0 saturated heterocycles. The summed E-state index contributed by atoms with van der Waals surface area (Å²) < 4.78 is 4.60. The van der Waals surface area contributed by atoms with Gasteiger partial charge in [0.2, 0.25) is 0 Å². The summed E-state index contributed by atoms with van der Waals surface area (Å²) in [5.41, 5.74) is 15.8. The minimum atomic E-state index is 0.587. The Labute approximate surface area is 369 Å². The summed E-state index contributed by atoms with van der Waals surface area (Å²) in [6.07, 6.45) is 5.71. The summed E-state index contributed by atoms with van der Waals surface area (Å²) in [5, 5.41) is 14.7. The summed E-state index contributed by atoms with van der Waals surface area (Å²) in [6, 6.07) is 71.9. The number of nitrogens with zero attached hydrogens (tertiary/aromatic N) is 6. The Morgan fingerprint density at radius 1 is 0.359 bits per heavy atom. The fraction of sp³-hybridized carbons (Fsp3) is 0. The molecule has 0 atom stereocenters. The molecule has 0 radical (unpaired) electrons. The predicted molar refractivity (Wildman–Crippen MR) is 260 cm³/mol. The van der Waals surface area contributed by atoms with Gasteiger partial charge in [0.1, 0.15) is 5.82 Å². The van der Waals surface area contributed by atoms with Crippen LogP contribution in [-0.2, 0) is 0 Å². The van der Waals surface area contributed by atoms with Gasteiger partial charge in [-0.15, -0.1) is 0 Å². The predicted octanol–water partition coefficient (Wildman–Crippen LogP) is 14.3. The smallest absolute Gasteiger partial charge is 0.138 e. The maximum Gasteiger partial charge on any atom is 0.138 e. The van der Waals surface area contributed by atoms with Crippen LogP contribution in [0.25, 0.3) is 111 Å². The monoisotopic (exact) mass is 816 g/mol. The van der Waals surface area contributed by atoms with Crippen molar-refractivity contribution in [2.45, 2.75) is 0 Å². The van der Waals surface area contributed by atoms with E-state index in [0.717, 1.165) is 111 Å². The summed E-state index contributed by atoms with van der Waals surface area (Å²) in [4.78, 5) is 15.1. The standard InChI is InChI=1S/C58H36N6/c59-36-38-14-11-19-41(32-38)50-35-56(64-52-25-10-8-21-47(52)49-29-27-43(34-54(49)64)45-23-13-31-61-58(45)40-17-5-2-6-18-40)62-37-55(50)63-51-24-9-7-20-46(51)48-28-26-42(33-53(48)63)44-22-12-30-60-57(44)39-15-3-1-4-16-39/h1-35,37H. The van der Waals surface area contributed by atoms with E-state index in [1.54, 1.807) is 0 Å². The second-order valence-corrected chi connectivity index (χ2v) is 16.0. The van der Waals surface area contributed by atoms with Crippen LogP contribution in [0.15, 0.2) is 219 Å². The second kappa shape index (κ2) is 15.2. The molecule has 0 N–H and O–H groups in total. The van der Waals surface area contributed by atoms with Gasteiger partial charge in [-0.2, -0.15) is 5.26 Å². The first-order valence-electron chi connectivity index (χ1n) is 21.3. The molecule has 298 valence electrons. The number of fused-ring (bicyclic) bond motifs is 6. The third-order valence-electron chi connectivity index (χ3n) is 12.3. The van der Waals surface area contributed by atoms with Crippen LogP contribution in [0.3, 0.4) is 0 Å². The maximum atomic E-state index is 10.2. The number of hydrogen-bond donors (Lipinski definition) is 0. The van der Waals surface area contributed by atoms with Crippen LogP contribution in [0.2, 0.25) is 0 Å². The highest BCUT2D eigenvalue weighted by atomic mass is 15.1. The molecule has 0 aliphatic rings. The van der Waals surface area contributed by atoms with Crippen molar-refractivity contribution in [3.8, 4) is 73.5 Å². The molecule has 0 bridgehead atoms. The Bertz CT molecular complexity index is 3800. The molecule has 0 aliphatic heterocycles. The van der Waals surface area contributed by atoms with Gasteiger partial charge in [-0.1, -0.05) is 146 Å². The largest absolute Gasteiger partial charge is 0.307 e. The maximum absolute atomic E-state index is 10.2. The van der Waals surface area contributed by atoms with Crippen molar-refractivity contribution in [1.29, 1.82) is 5.26 Å². The lowest BCUT2D eigenvalue weighted by Gasteiger charge is -2.17. The Hall–Kier alpha value is -8.92. The summed E-state index contributed by atoms with van der Waals surface area (Å²) >= 11 is 0.